The normalized spacial score (nSPS) is 12.9. The summed E-state index contributed by atoms with van der Waals surface area (Å²) in [6.45, 7) is 6.11. The van der Waals surface area contributed by atoms with Crippen LogP contribution in [-0.4, -0.2) is 36.5 Å². The lowest BCUT2D eigenvalue weighted by Crippen LogP contribution is -2.38. The number of hydrogen-bond acceptors (Lipinski definition) is 4. The molecule has 0 aliphatic carbocycles. The maximum atomic E-state index is 10.6. The average Bonchev–Trinajstić information content (AvgIpc) is 2.37. The van der Waals surface area contributed by atoms with E-state index in [0.29, 0.717) is 12.0 Å². The first-order chi connectivity index (χ1) is 9.40. The fourth-order valence-corrected chi connectivity index (χ4v) is 2.14. The summed E-state index contributed by atoms with van der Waals surface area (Å²) in [5.41, 5.74) is 1.21. The van der Waals surface area contributed by atoms with Gasteiger partial charge in [-0.05, 0) is 32.0 Å². The number of nitrogens with one attached hydrogen (secondary N) is 1. The van der Waals surface area contributed by atoms with Crippen molar-refractivity contribution >= 4 is 5.69 Å². The summed E-state index contributed by atoms with van der Waals surface area (Å²) in [5.74, 6) is 0.670. The Balaban J connectivity index is 2.44. The van der Waals surface area contributed by atoms with Crippen molar-refractivity contribution in [2.24, 2.45) is 5.92 Å². The molecule has 5 nitrogen and oxygen atoms in total. The fourth-order valence-electron chi connectivity index (χ4n) is 2.14. The Labute approximate surface area is 121 Å². The molecule has 0 saturated heterocycles. The molecule has 1 unspecified atom stereocenters. The molecule has 112 valence electrons. The van der Waals surface area contributed by atoms with E-state index in [2.05, 4.69) is 38.2 Å². The van der Waals surface area contributed by atoms with Crippen LogP contribution in [0.5, 0.6) is 0 Å². The van der Waals surface area contributed by atoms with Gasteiger partial charge in [0.1, 0.15) is 0 Å². The van der Waals surface area contributed by atoms with E-state index in [0.717, 1.165) is 25.1 Å². The summed E-state index contributed by atoms with van der Waals surface area (Å²) in [7, 11) is 4.20. The standard InChI is InChI=1S/C15H25N3O2/c1-12(2)9-15(17(3)4)11-16-10-13-5-7-14(8-6-13)18(19)20/h5-8,12,15-16H,9-11H2,1-4H3. The monoisotopic (exact) mass is 279 g/mol. The molecular weight excluding hydrogens is 254 g/mol. The largest absolute Gasteiger partial charge is 0.311 e. The predicted octanol–water partition coefficient (Wildman–Crippen LogP) is 2.66. The Morgan fingerprint density at radius 3 is 2.30 bits per heavy atom. The van der Waals surface area contributed by atoms with Crippen molar-refractivity contribution in [2.75, 3.05) is 20.6 Å². The molecule has 0 aliphatic heterocycles. The molecule has 0 amide bonds. The lowest BCUT2D eigenvalue weighted by molar-refractivity contribution is -0.384. The van der Waals surface area contributed by atoms with Crippen molar-refractivity contribution in [3.63, 3.8) is 0 Å². The second-order valence-electron chi connectivity index (χ2n) is 5.80. The molecule has 5 heteroatoms. The second kappa shape index (κ2) is 7.97. The van der Waals surface area contributed by atoms with Gasteiger partial charge in [-0.15, -0.1) is 0 Å². The Bertz CT molecular complexity index is 416. The Hall–Kier alpha value is -1.46. The predicted molar refractivity (Wildman–Crippen MR) is 81.7 cm³/mol. The van der Waals surface area contributed by atoms with Crippen LogP contribution in [-0.2, 0) is 6.54 Å². The number of likely N-dealkylation sites (N-methyl/N-ethyl adjacent to an activating group) is 1. The lowest BCUT2D eigenvalue weighted by Gasteiger charge is -2.26. The maximum absolute atomic E-state index is 10.6. The first kappa shape index (κ1) is 16.6. The zero-order valence-corrected chi connectivity index (χ0v) is 12.8. The molecule has 1 aromatic rings. The minimum atomic E-state index is -0.373. The number of nitro benzene ring substituents is 1. The molecule has 1 rings (SSSR count). The van der Waals surface area contributed by atoms with Crippen LogP contribution in [0.3, 0.4) is 0 Å². The number of nitro groups is 1. The number of rotatable bonds is 8. The summed E-state index contributed by atoms with van der Waals surface area (Å²) < 4.78 is 0. The van der Waals surface area contributed by atoms with Gasteiger partial charge in [0.05, 0.1) is 4.92 Å². The molecule has 0 aromatic heterocycles. The molecule has 0 aliphatic rings. The van der Waals surface area contributed by atoms with Crippen LogP contribution in [0, 0.1) is 16.0 Å². The number of hydrogen-bond donors (Lipinski definition) is 1. The van der Waals surface area contributed by atoms with Gasteiger partial charge in [0, 0.05) is 31.3 Å². The van der Waals surface area contributed by atoms with Gasteiger partial charge in [0.15, 0.2) is 0 Å². The van der Waals surface area contributed by atoms with Gasteiger partial charge in [-0.2, -0.15) is 0 Å². The fraction of sp³-hybridized carbons (Fsp3) is 0.600. The van der Waals surface area contributed by atoms with Crippen molar-refractivity contribution in [1.29, 1.82) is 0 Å². The summed E-state index contributed by atoms with van der Waals surface area (Å²) in [6.07, 6.45) is 1.15. The smallest absolute Gasteiger partial charge is 0.269 e. The van der Waals surface area contributed by atoms with Crippen molar-refractivity contribution in [3.05, 3.63) is 39.9 Å². The van der Waals surface area contributed by atoms with Crippen molar-refractivity contribution in [2.45, 2.75) is 32.9 Å². The molecular formula is C15H25N3O2. The summed E-state index contributed by atoms with van der Waals surface area (Å²) in [4.78, 5) is 12.4. The number of benzene rings is 1. The first-order valence-electron chi connectivity index (χ1n) is 7.00. The topological polar surface area (TPSA) is 58.4 Å². The Morgan fingerprint density at radius 2 is 1.85 bits per heavy atom. The molecule has 0 radical (unpaired) electrons. The molecule has 0 heterocycles. The highest BCUT2D eigenvalue weighted by Crippen LogP contribution is 2.12. The van der Waals surface area contributed by atoms with E-state index in [1.54, 1.807) is 24.3 Å². The zero-order valence-electron chi connectivity index (χ0n) is 12.8. The minimum absolute atomic E-state index is 0.139. The van der Waals surface area contributed by atoms with E-state index in [1.807, 2.05) is 0 Å². The maximum Gasteiger partial charge on any atom is 0.269 e. The van der Waals surface area contributed by atoms with Gasteiger partial charge in [-0.1, -0.05) is 26.0 Å². The highest BCUT2D eigenvalue weighted by molar-refractivity contribution is 5.32. The molecule has 1 aromatic carbocycles. The van der Waals surface area contributed by atoms with Crippen molar-refractivity contribution < 1.29 is 4.92 Å². The average molecular weight is 279 g/mol. The van der Waals surface area contributed by atoms with Crippen molar-refractivity contribution in [1.82, 2.24) is 10.2 Å². The van der Waals surface area contributed by atoms with E-state index in [9.17, 15) is 10.1 Å². The minimum Gasteiger partial charge on any atom is -0.311 e. The molecule has 0 bridgehead atoms. The summed E-state index contributed by atoms with van der Waals surface area (Å²) in [5, 5.41) is 14.0. The van der Waals surface area contributed by atoms with Gasteiger partial charge < -0.3 is 10.2 Å². The van der Waals surface area contributed by atoms with Gasteiger partial charge >= 0.3 is 0 Å². The van der Waals surface area contributed by atoms with Gasteiger partial charge in [-0.25, -0.2) is 0 Å². The Morgan fingerprint density at radius 1 is 1.25 bits per heavy atom. The zero-order chi connectivity index (χ0) is 15.1. The highest BCUT2D eigenvalue weighted by atomic mass is 16.6. The van der Waals surface area contributed by atoms with Gasteiger partial charge in [0.25, 0.3) is 5.69 Å². The van der Waals surface area contributed by atoms with Crippen LogP contribution >= 0.6 is 0 Å². The summed E-state index contributed by atoms with van der Waals surface area (Å²) >= 11 is 0. The number of non-ortho nitro benzene ring substituents is 1. The van der Waals surface area contributed by atoms with E-state index in [4.69, 9.17) is 0 Å². The molecule has 0 spiro atoms. The van der Waals surface area contributed by atoms with Crippen LogP contribution < -0.4 is 5.32 Å². The molecule has 1 atom stereocenters. The van der Waals surface area contributed by atoms with Crippen LogP contribution in [0.2, 0.25) is 0 Å². The second-order valence-corrected chi connectivity index (χ2v) is 5.80. The van der Waals surface area contributed by atoms with Crippen LogP contribution in [0.4, 0.5) is 5.69 Å². The van der Waals surface area contributed by atoms with E-state index in [-0.39, 0.29) is 10.6 Å². The van der Waals surface area contributed by atoms with E-state index >= 15 is 0 Å². The van der Waals surface area contributed by atoms with E-state index < -0.39 is 0 Å². The first-order valence-corrected chi connectivity index (χ1v) is 7.00. The van der Waals surface area contributed by atoms with Crippen LogP contribution in [0.1, 0.15) is 25.8 Å². The number of nitrogens with zero attached hydrogens (tertiary/aromatic N) is 2. The molecule has 0 saturated carbocycles. The highest BCUT2D eigenvalue weighted by Gasteiger charge is 2.12. The third-order valence-electron chi connectivity index (χ3n) is 3.33. The third-order valence-corrected chi connectivity index (χ3v) is 3.33. The Kier molecular flexibility index (Phi) is 6.61. The molecule has 0 fully saturated rings. The summed E-state index contributed by atoms with van der Waals surface area (Å²) in [6, 6.07) is 7.22. The van der Waals surface area contributed by atoms with Gasteiger partial charge in [-0.3, -0.25) is 10.1 Å². The quantitative estimate of drug-likeness (QED) is 0.587. The van der Waals surface area contributed by atoms with Crippen LogP contribution in [0.15, 0.2) is 24.3 Å². The third kappa shape index (κ3) is 5.67. The SMILES string of the molecule is CC(C)CC(CNCc1ccc([N+](=O)[O-])cc1)N(C)C. The van der Waals surface area contributed by atoms with E-state index in [1.165, 1.54) is 0 Å². The molecule has 1 N–H and O–H groups in total. The lowest BCUT2D eigenvalue weighted by atomic mass is 10.0. The van der Waals surface area contributed by atoms with Crippen molar-refractivity contribution in [3.8, 4) is 0 Å². The van der Waals surface area contributed by atoms with Crippen LogP contribution in [0.25, 0.3) is 0 Å². The van der Waals surface area contributed by atoms with Gasteiger partial charge in [0.2, 0.25) is 0 Å². The molecule has 20 heavy (non-hydrogen) atoms.